The Balaban J connectivity index is 2.71. The highest BCUT2D eigenvalue weighted by molar-refractivity contribution is 5.91. The molecule has 2 aromatic rings. The van der Waals surface area contributed by atoms with E-state index < -0.39 is 11.3 Å². The molecule has 1 aromatic heterocycles. The number of hydrogen-bond donors (Lipinski definition) is 2. The van der Waals surface area contributed by atoms with Crippen LogP contribution in [0.1, 0.15) is 27.3 Å². The zero-order chi connectivity index (χ0) is 14.9. The number of benzene rings is 1. The highest BCUT2D eigenvalue weighted by atomic mass is 16.2. The maximum absolute atomic E-state index is 11.8. The van der Waals surface area contributed by atoms with E-state index in [9.17, 15) is 9.59 Å². The molecule has 0 aliphatic heterocycles. The summed E-state index contributed by atoms with van der Waals surface area (Å²) in [6.45, 7) is 5.72. The zero-order valence-electron chi connectivity index (χ0n) is 11.6. The fraction of sp³-hybridized carbons (Fsp3) is 0.214. The van der Waals surface area contributed by atoms with Gasteiger partial charge in [-0.05, 0) is 38.0 Å². The number of rotatable bonds is 2. The molecule has 0 radical (unpaired) electrons. The Bertz CT molecular complexity index is 734. The second-order valence-corrected chi connectivity index (χ2v) is 4.60. The summed E-state index contributed by atoms with van der Waals surface area (Å²) in [7, 11) is 0. The van der Waals surface area contributed by atoms with Crippen LogP contribution in [0.5, 0.6) is 0 Å². The first-order valence-electron chi connectivity index (χ1n) is 6.14. The molecule has 0 spiro atoms. The molecular formula is C14H16N4O2. The average Bonchev–Trinajstić information content (AvgIpc) is 2.42. The molecule has 20 heavy (non-hydrogen) atoms. The minimum absolute atomic E-state index is 0.223. The number of carbonyl (C=O) groups excluding carboxylic acids is 1. The third kappa shape index (κ3) is 2.33. The van der Waals surface area contributed by atoms with E-state index >= 15 is 0 Å². The van der Waals surface area contributed by atoms with Crippen molar-refractivity contribution in [3.63, 3.8) is 0 Å². The molecule has 0 aliphatic carbocycles. The van der Waals surface area contributed by atoms with E-state index in [-0.39, 0.29) is 5.69 Å². The van der Waals surface area contributed by atoms with Gasteiger partial charge in [0.1, 0.15) is 0 Å². The first-order valence-corrected chi connectivity index (χ1v) is 6.14. The first-order chi connectivity index (χ1) is 9.45. The van der Waals surface area contributed by atoms with Crippen molar-refractivity contribution in [2.24, 2.45) is 5.84 Å². The van der Waals surface area contributed by atoms with E-state index in [4.69, 9.17) is 5.84 Å². The number of nitrogen functional groups attached to an aromatic ring is 1. The Morgan fingerprint density at radius 3 is 2.65 bits per heavy atom. The lowest BCUT2D eigenvalue weighted by molar-refractivity contribution is 0.0945. The van der Waals surface area contributed by atoms with Gasteiger partial charge in [0.15, 0.2) is 5.69 Å². The fourth-order valence-corrected chi connectivity index (χ4v) is 1.98. The van der Waals surface area contributed by atoms with Crippen LogP contribution in [-0.2, 0) is 0 Å². The van der Waals surface area contributed by atoms with E-state index in [2.05, 4.69) is 5.10 Å². The quantitative estimate of drug-likeness (QED) is 0.480. The number of hydrazine groups is 1. The summed E-state index contributed by atoms with van der Waals surface area (Å²) in [6.07, 6.45) is 0. The van der Waals surface area contributed by atoms with Gasteiger partial charge in [0.05, 0.1) is 5.69 Å². The zero-order valence-corrected chi connectivity index (χ0v) is 11.6. The molecular weight excluding hydrogens is 256 g/mol. The van der Waals surface area contributed by atoms with Crippen molar-refractivity contribution in [2.75, 3.05) is 0 Å². The summed E-state index contributed by atoms with van der Waals surface area (Å²) in [5, 5.41) is 4.13. The molecule has 1 heterocycles. The van der Waals surface area contributed by atoms with Crippen molar-refractivity contribution in [1.82, 2.24) is 15.2 Å². The van der Waals surface area contributed by atoms with Gasteiger partial charge in [0, 0.05) is 11.8 Å². The van der Waals surface area contributed by atoms with Crippen LogP contribution in [0.3, 0.4) is 0 Å². The van der Waals surface area contributed by atoms with Gasteiger partial charge in [-0.2, -0.15) is 5.10 Å². The second-order valence-electron chi connectivity index (χ2n) is 4.60. The molecule has 0 bridgehead atoms. The Hall–Kier alpha value is -2.47. The van der Waals surface area contributed by atoms with Gasteiger partial charge in [-0.3, -0.25) is 15.0 Å². The number of aromatic nitrogens is 2. The molecule has 6 heteroatoms. The molecule has 2 rings (SSSR count). The van der Waals surface area contributed by atoms with Crippen molar-refractivity contribution >= 4 is 5.91 Å². The average molecular weight is 272 g/mol. The van der Waals surface area contributed by atoms with Crippen LogP contribution in [0.4, 0.5) is 0 Å². The van der Waals surface area contributed by atoms with Gasteiger partial charge in [-0.15, -0.1) is 0 Å². The summed E-state index contributed by atoms with van der Waals surface area (Å²) >= 11 is 0. The molecule has 0 saturated carbocycles. The van der Waals surface area contributed by atoms with Crippen LogP contribution in [0, 0.1) is 20.8 Å². The van der Waals surface area contributed by atoms with Gasteiger partial charge in [0.2, 0.25) is 5.43 Å². The molecule has 0 atom stereocenters. The number of aryl methyl sites for hydroxylation is 2. The molecule has 0 saturated heterocycles. The minimum Gasteiger partial charge on any atom is -0.289 e. The highest BCUT2D eigenvalue weighted by Crippen LogP contribution is 2.17. The molecule has 1 aromatic carbocycles. The van der Waals surface area contributed by atoms with Crippen LogP contribution in [-0.4, -0.2) is 15.7 Å². The number of hydrogen-bond acceptors (Lipinski definition) is 4. The molecule has 0 unspecified atom stereocenters. The van der Waals surface area contributed by atoms with Crippen molar-refractivity contribution in [1.29, 1.82) is 0 Å². The lowest BCUT2D eigenvalue weighted by Gasteiger charge is -2.14. The van der Waals surface area contributed by atoms with E-state index in [1.807, 2.05) is 37.5 Å². The Kier molecular flexibility index (Phi) is 3.67. The largest absolute Gasteiger partial charge is 0.289 e. The van der Waals surface area contributed by atoms with Gasteiger partial charge in [0.25, 0.3) is 5.91 Å². The molecule has 104 valence electrons. The number of nitrogens with one attached hydrogen (secondary N) is 1. The van der Waals surface area contributed by atoms with Crippen LogP contribution in [0.2, 0.25) is 0 Å². The van der Waals surface area contributed by atoms with Crippen LogP contribution < -0.4 is 16.7 Å². The lowest BCUT2D eigenvalue weighted by atomic mass is 10.1. The molecule has 6 nitrogen and oxygen atoms in total. The van der Waals surface area contributed by atoms with Crippen LogP contribution in [0.25, 0.3) is 5.69 Å². The normalized spacial score (nSPS) is 10.4. The summed E-state index contributed by atoms with van der Waals surface area (Å²) in [4.78, 5) is 23.4. The smallest absolute Gasteiger partial charge is 0.289 e. The van der Waals surface area contributed by atoms with E-state index in [1.165, 1.54) is 6.07 Å². The van der Waals surface area contributed by atoms with Gasteiger partial charge in [-0.1, -0.05) is 12.1 Å². The van der Waals surface area contributed by atoms with Crippen LogP contribution in [0.15, 0.2) is 29.1 Å². The molecule has 0 aliphatic rings. The van der Waals surface area contributed by atoms with Crippen molar-refractivity contribution in [3.8, 4) is 5.69 Å². The second kappa shape index (κ2) is 5.26. The number of amides is 1. The predicted octanol–water partition coefficient (Wildman–Crippen LogP) is 0.761. The number of nitrogens with two attached hydrogens (primary N) is 1. The third-order valence-corrected chi connectivity index (χ3v) is 3.26. The number of nitrogens with zero attached hydrogens (tertiary/aromatic N) is 2. The van der Waals surface area contributed by atoms with Crippen LogP contribution >= 0.6 is 0 Å². The summed E-state index contributed by atoms with van der Waals surface area (Å²) < 4.78 is 1.58. The minimum atomic E-state index is -0.700. The maximum atomic E-state index is 11.8. The third-order valence-electron chi connectivity index (χ3n) is 3.26. The topological polar surface area (TPSA) is 90.0 Å². The van der Waals surface area contributed by atoms with E-state index in [0.717, 1.165) is 16.8 Å². The summed E-state index contributed by atoms with van der Waals surface area (Å²) in [5.41, 5.74) is 4.87. The molecule has 3 N–H and O–H groups in total. The van der Waals surface area contributed by atoms with Gasteiger partial charge >= 0.3 is 0 Å². The fourth-order valence-electron chi connectivity index (χ4n) is 1.98. The molecule has 0 fully saturated rings. The van der Waals surface area contributed by atoms with E-state index in [1.54, 1.807) is 11.6 Å². The highest BCUT2D eigenvalue weighted by Gasteiger charge is 2.15. The van der Waals surface area contributed by atoms with Crippen molar-refractivity contribution in [2.45, 2.75) is 20.8 Å². The van der Waals surface area contributed by atoms with Gasteiger partial charge in [-0.25, -0.2) is 10.5 Å². The first kappa shape index (κ1) is 14.0. The summed E-state index contributed by atoms with van der Waals surface area (Å²) in [6, 6.07) is 7.15. The standard InChI is InChI=1S/C14H16N4O2/c1-8-5-4-6-11(10(8)3)18-9(2)7-12(19)13(17-18)14(20)16-15/h4-7H,15H2,1-3H3,(H,16,20). The van der Waals surface area contributed by atoms with Crippen molar-refractivity contribution in [3.05, 3.63) is 57.0 Å². The number of carbonyl (C=O) groups is 1. The Labute approximate surface area is 116 Å². The van der Waals surface area contributed by atoms with Gasteiger partial charge < -0.3 is 0 Å². The SMILES string of the molecule is Cc1cccc(-n2nc(C(=O)NN)c(=O)cc2C)c1C. The van der Waals surface area contributed by atoms with Crippen molar-refractivity contribution < 1.29 is 4.79 Å². The predicted molar refractivity (Wildman–Crippen MR) is 75.7 cm³/mol. The molecule has 1 amide bonds. The maximum Gasteiger partial charge on any atom is 0.289 e. The monoisotopic (exact) mass is 272 g/mol. The Morgan fingerprint density at radius 1 is 1.30 bits per heavy atom. The lowest BCUT2D eigenvalue weighted by Crippen LogP contribution is -2.36. The Morgan fingerprint density at radius 2 is 2.00 bits per heavy atom. The summed E-state index contributed by atoms with van der Waals surface area (Å²) in [5.74, 6) is 4.37. The van der Waals surface area contributed by atoms with E-state index in [0.29, 0.717) is 5.69 Å².